The van der Waals surface area contributed by atoms with E-state index in [1.165, 1.54) is 64.2 Å². The lowest BCUT2D eigenvalue weighted by Crippen LogP contribution is -2.09. The predicted molar refractivity (Wildman–Crippen MR) is 138 cm³/mol. The van der Waals surface area contributed by atoms with Crippen molar-refractivity contribution in [1.29, 1.82) is 0 Å². The van der Waals surface area contributed by atoms with E-state index in [0.29, 0.717) is 6.42 Å². The Hall–Kier alpha value is -2.29. The first-order chi connectivity index (χ1) is 15.8. The van der Waals surface area contributed by atoms with Crippen LogP contribution in [0.5, 0.6) is 0 Å². The summed E-state index contributed by atoms with van der Waals surface area (Å²) in [6.45, 7) is 2.25. The molecule has 0 bridgehead atoms. The molecule has 2 nitrogen and oxygen atoms in total. The zero-order chi connectivity index (χ0) is 23.4. The number of unbranched alkanes of at least 4 members (excludes halogenated alkanes) is 16. The highest BCUT2D eigenvalue weighted by Gasteiger charge is 1.94. The molecule has 0 saturated heterocycles. The van der Waals surface area contributed by atoms with Gasteiger partial charge in [-0.2, -0.15) is 0 Å². The fraction of sp³-hybridized carbons (Fsp3) is 0.700. The molecule has 0 spiro atoms. The van der Waals surface area contributed by atoms with Gasteiger partial charge in [-0.25, -0.2) is 0 Å². The second-order valence-electron chi connectivity index (χ2n) is 8.37. The van der Waals surface area contributed by atoms with E-state index < -0.39 is 0 Å². The molecule has 0 aromatic carbocycles. The molecule has 0 unspecified atom stereocenters. The topological polar surface area (TPSA) is 43.1 Å². The van der Waals surface area contributed by atoms with Crippen molar-refractivity contribution in [1.82, 2.24) is 0 Å². The first-order valence-electron chi connectivity index (χ1n) is 13.0. The zero-order valence-electron chi connectivity index (χ0n) is 20.6. The predicted octanol–water partition coefficient (Wildman–Crippen LogP) is 7.31. The molecule has 0 aliphatic rings. The van der Waals surface area contributed by atoms with Gasteiger partial charge in [0, 0.05) is 32.1 Å². The molecule has 0 aromatic rings. The summed E-state index contributed by atoms with van der Waals surface area (Å²) >= 11 is 0. The van der Waals surface area contributed by atoms with E-state index in [1.54, 1.807) is 0 Å². The first-order valence-corrected chi connectivity index (χ1v) is 13.0. The highest BCUT2D eigenvalue weighted by Crippen LogP contribution is 2.08. The highest BCUT2D eigenvalue weighted by atomic mass is 16.1. The third-order valence-corrected chi connectivity index (χ3v) is 5.21. The van der Waals surface area contributed by atoms with E-state index in [9.17, 15) is 4.79 Å². The van der Waals surface area contributed by atoms with Gasteiger partial charge in [0.25, 0.3) is 0 Å². The van der Waals surface area contributed by atoms with Crippen LogP contribution >= 0.6 is 0 Å². The number of nitrogens with two attached hydrogens (primary N) is 1. The minimum atomic E-state index is -0.189. The molecule has 2 N–H and O–H groups in total. The third kappa shape index (κ3) is 27.7. The van der Waals surface area contributed by atoms with Gasteiger partial charge in [-0.05, 0) is 55.8 Å². The highest BCUT2D eigenvalue weighted by molar-refractivity contribution is 5.73. The molecule has 0 saturated carbocycles. The molecular weight excluding hydrogens is 390 g/mol. The van der Waals surface area contributed by atoms with Gasteiger partial charge in [-0.15, -0.1) is 0 Å². The molecule has 176 valence electrons. The van der Waals surface area contributed by atoms with Gasteiger partial charge in [0.05, 0.1) is 0 Å². The summed E-state index contributed by atoms with van der Waals surface area (Å²) in [5, 5.41) is 0. The molecule has 0 aliphatic carbocycles. The maximum Gasteiger partial charge on any atom is 0.217 e. The van der Waals surface area contributed by atoms with E-state index in [2.05, 4.69) is 54.3 Å². The summed E-state index contributed by atoms with van der Waals surface area (Å²) in [5.74, 6) is 24.3. The summed E-state index contributed by atoms with van der Waals surface area (Å²) in [7, 11) is 0. The minimum absolute atomic E-state index is 0.189. The molecule has 1 amide bonds. The number of carbonyl (C=O) groups is 1. The van der Waals surface area contributed by atoms with Gasteiger partial charge in [-0.1, -0.05) is 94.8 Å². The summed E-state index contributed by atoms with van der Waals surface area (Å²) < 4.78 is 0. The Kier molecular flexibility index (Phi) is 24.8. The van der Waals surface area contributed by atoms with E-state index in [4.69, 9.17) is 5.73 Å². The smallest absolute Gasteiger partial charge is 0.217 e. The first kappa shape index (κ1) is 29.7. The molecule has 0 aliphatic heterocycles. The number of hydrogen-bond donors (Lipinski definition) is 1. The summed E-state index contributed by atoms with van der Waals surface area (Å²) in [4.78, 5) is 10.6. The fourth-order valence-corrected chi connectivity index (χ4v) is 3.24. The van der Waals surface area contributed by atoms with Gasteiger partial charge >= 0.3 is 0 Å². The van der Waals surface area contributed by atoms with Crippen molar-refractivity contribution in [3.8, 4) is 47.4 Å². The molecule has 0 fully saturated rings. The number of amides is 1. The quantitative estimate of drug-likeness (QED) is 0.178. The fourth-order valence-electron chi connectivity index (χ4n) is 3.24. The molecule has 0 aromatic heterocycles. The van der Waals surface area contributed by atoms with Gasteiger partial charge in [0.1, 0.15) is 0 Å². The Morgan fingerprint density at radius 2 is 0.812 bits per heavy atom. The van der Waals surface area contributed by atoms with Crippen LogP contribution in [0.1, 0.15) is 135 Å². The van der Waals surface area contributed by atoms with E-state index >= 15 is 0 Å². The van der Waals surface area contributed by atoms with Gasteiger partial charge < -0.3 is 5.73 Å². The Morgan fingerprint density at radius 1 is 0.500 bits per heavy atom. The number of rotatable bonds is 18. The third-order valence-electron chi connectivity index (χ3n) is 5.21. The van der Waals surface area contributed by atoms with Crippen molar-refractivity contribution in [3.05, 3.63) is 0 Å². The van der Waals surface area contributed by atoms with Gasteiger partial charge in [0.2, 0.25) is 5.91 Å². The van der Waals surface area contributed by atoms with Gasteiger partial charge in [0.15, 0.2) is 0 Å². The zero-order valence-corrected chi connectivity index (χ0v) is 20.6. The molecule has 0 atom stereocenters. The number of primary amides is 1. The Balaban J connectivity index is 3.41. The lowest BCUT2D eigenvalue weighted by Gasteiger charge is -1.98. The molecule has 0 rings (SSSR count). The molecule has 32 heavy (non-hydrogen) atoms. The van der Waals surface area contributed by atoms with Crippen molar-refractivity contribution >= 4 is 5.91 Å². The summed E-state index contributed by atoms with van der Waals surface area (Å²) in [6.07, 6.45) is 22.4. The van der Waals surface area contributed by atoms with Crippen LogP contribution in [0, 0.1) is 47.4 Å². The monoisotopic (exact) mass is 435 g/mol. The van der Waals surface area contributed by atoms with E-state index in [0.717, 1.165) is 57.8 Å². The maximum atomic E-state index is 10.6. The average Bonchev–Trinajstić information content (AvgIpc) is 2.78. The van der Waals surface area contributed by atoms with Crippen LogP contribution in [-0.4, -0.2) is 5.91 Å². The van der Waals surface area contributed by atoms with Crippen molar-refractivity contribution in [2.75, 3.05) is 0 Å². The molecule has 0 heterocycles. The lowest BCUT2D eigenvalue weighted by atomic mass is 10.1. The second-order valence-corrected chi connectivity index (χ2v) is 8.37. The Morgan fingerprint density at radius 3 is 1.19 bits per heavy atom. The van der Waals surface area contributed by atoms with Crippen LogP contribution < -0.4 is 5.73 Å². The van der Waals surface area contributed by atoms with Gasteiger partial charge in [-0.3, -0.25) is 4.79 Å². The summed E-state index contributed by atoms with van der Waals surface area (Å²) in [5.41, 5.74) is 5.12. The standard InChI is InChI=1S/C30H45NO/c1-2-3-4-5-6-7-8-9-10-11-12-13-14-15-16-17-18-19-20-21-22-23-24-25-26-27-28-29-30(31)32/h2-8,13-17,22-29H2,1H3,(H2,31,32). The van der Waals surface area contributed by atoms with Crippen LogP contribution in [0.4, 0.5) is 0 Å². The van der Waals surface area contributed by atoms with Crippen LogP contribution in [0.2, 0.25) is 0 Å². The van der Waals surface area contributed by atoms with Crippen LogP contribution in [-0.2, 0) is 4.79 Å². The van der Waals surface area contributed by atoms with E-state index in [-0.39, 0.29) is 5.91 Å². The van der Waals surface area contributed by atoms with Crippen molar-refractivity contribution in [3.63, 3.8) is 0 Å². The SMILES string of the molecule is CCCCCCCCC#CC#CCCCCCC#CC#CCCCCCCCCC(N)=O. The maximum absolute atomic E-state index is 10.6. The van der Waals surface area contributed by atoms with E-state index in [1.807, 2.05) is 0 Å². The molecule has 0 radical (unpaired) electrons. The van der Waals surface area contributed by atoms with Crippen molar-refractivity contribution < 1.29 is 4.79 Å². The van der Waals surface area contributed by atoms with Crippen LogP contribution in [0.25, 0.3) is 0 Å². The van der Waals surface area contributed by atoms with Crippen LogP contribution in [0.15, 0.2) is 0 Å². The molecule has 2 heteroatoms. The number of hydrogen-bond acceptors (Lipinski definition) is 1. The second kappa shape index (κ2) is 26.7. The Bertz CT molecular complexity index is 690. The lowest BCUT2D eigenvalue weighted by molar-refractivity contribution is -0.118. The van der Waals surface area contributed by atoms with Crippen LogP contribution in [0.3, 0.4) is 0 Å². The Labute approximate surface area is 199 Å². The number of carbonyl (C=O) groups excluding carboxylic acids is 1. The summed E-state index contributed by atoms with van der Waals surface area (Å²) in [6, 6.07) is 0. The minimum Gasteiger partial charge on any atom is -0.370 e. The largest absolute Gasteiger partial charge is 0.370 e. The normalized spacial score (nSPS) is 9.28. The average molecular weight is 436 g/mol. The van der Waals surface area contributed by atoms with Crippen molar-refractivity contribution in [2.45, 2.75) is 135 Å². The molecular formula is C30H45NO. The van der Waals surface area contributed by atoms with Crippen molar-refractivity contribution in [2.24, 2.45) is 5.73 Å².